The molecule has 0 atom stereocenters. The SMILES string of the molecule is CC(C)OCCCNC(=O)c1cncc(Br)c1. The zero-order valence-corrected chi connectivity index (χ0v) is 11.7. The first-order chi connectivity index (χ1) is 8.09. The summed E-state index contributed by atoms with van der Waals surface area (Å²) in [4.78, 5) is 15.6. The summed E-state index contributed by atoms with van der Waals surface area (Å²) in [6, 6.07) is 1.74. The van der Waals surface area contributed by atoms with E-state index in [-0.39, 0.29) is 12.0 Å². The second-order valence-corrected chi connectivity index (χ2v) is 4.84. The molecule has 1 aromatic heterocycles. The number of pyridine rings is 1. The number of hydrogen-bond acceptors (Lipinski definition) is 3. The Hall–Kier alpha value is -0.940. The molecular formula is C12H17BrN2O2. The number of rotatable bonds is 6. The smallest absolute Gasteiger partial charge is 0.252 e. The van der Waals surface area contributed by atoms with Gasteiger partial charge in [0.05, 0.1) is 11.7 Å². The van der Waals surface area contributed by atoms with Gasteiger partial charge in [-0.1, -0.05) is 0 Å². The van der Waals surface area contributed by atoms with E-state index in [1.807, 2.05) is 13.8 Å². The van der Waals surface area contributed by atoms with E-state index in [1.165, 1.54) is 0 Å². The lowest BCUT2D eigenvalue weighted by molar-refractivity contribution is 0.0757. The van der Waals surface area contributed by atoms with Gasteiger partial charge in [-0.15, -0.1) is 0 Å². The number of carbonyl (C=O) groups excluding carboxylic acids is 1. The number of nitrogens with zero attached hydrogens (tertiary/aromatic N) is 1. The van der Waals surface area contributed by atoms with Crippen molar-refractivity contribution in [1.29, 1.82) is 0 Å². The maximum absolute atomic E-state index is 11.7. The summed E-state index contributed by atoms with van der Waals surface area (Å²) in [5, 5.41) is 2.82. The van der Waals surface area contributed by atoms with E-state index in [0.717, 1.165) is 10.9 Å². The molecule has 0 saturated carbocycles. The van der Waals surface area contributed by atoms with Crippen molar-refractivity contribution >= 4 is 21.8 Å². The summed E-state index contributed by atoms with van der Waals surface area (Å²) in [6.45, 7) is 5.25. The van der Waals surface area contributed by atoms with Crippen LogP contribution < -0.4 is 5.32 Å². The molecule has 1 aromatic rings. The molecule has 94 valence electrons. The molecule has 1 amide bonds. The lowest BCUT2D eigenvalue weighted by Gasteiger charge is -2.08. The van der Waals surface area contributed by atoms with Gasteiger partial charge in [-0.3, -0.25) is 9.78 Å². The summed E-state index contributed by atoms with van der Waals surface area (Å²) in [6.07, 6.45) is 4.24. The first kappa shape index (κ1) is 14.1. The van der Waals surface area contributed by atoms with Gasteiger partial charge in [-0.25, -0.2) is 0 Å². The Labute approximate surface area is 110 Å². The Balaban J connectivity index is 2.26. The number of carbonyl (C=O) groups is 1. The fraction of sp³-hybridized carbons (Fsp3) is 0.500. The van der Waals surface area contributed by atoms with Crippen LogP contribution in [0.2, 0.25) is 0 Å². The Bertz CT molecular complexity index is 369. The zero-order valence-electron chi connectivity index (χ0n) is 10.1. The van der Waals surface area contributed by atoms with Crippen LogP contribution in [0.5, 0.6) is 0 Å². The number of nitrogens with one attached hydrogen (secondary N) is 1. The summed E-state index contributed by atoms with van der Waals surface area (Å²) in [7, 11) is 0. The molecule has 0 unspecified atom stereocenters. The maximum Gasteiger partial charge on any atom is 0.252 e. The van der Waals surface area contributed by atoms with Gasteiger partial charge in [0, 0.05) is 30.0 Å². The zero-order chi connectivity index (χ0) is 12.7. The van der Waals surface area contributed by atoms with Gasteiger partial charge in [-0.2, -0.15) is 0 Å². The number of amides is 1. The van der Waals surface area contributed by atoms with Crippen molar-refractivity contribution < 1.29 is 9.53 Å². The molecule has 0 spiro atoms. The molecule has 0 aliphatic rings. The van der Waals surface area contributed by atoms with Crippen LogP contribution in [0.1, 0.15) is 30.6 Å². The fourth-order valence-corrected chi connectivity index (χ4v) is 1.60. The molecule has 0 radical (unpaired) electrons. The van der Waals surface area contributed by atoms with Crippen LogP contribution >= 0.6 is 15.9 Å². The Morgan fingerprint density at radius 2 is 2.29 bits per heavy atom. The van der Waals surface area contributed by atoms with Crippen molar-refractivity contribution in [3.63, 3.8) is 0 Å². The van der Waals surface area contributed by atoms with Crippen molar-refractivity contribution in [2.75, 3.05) is 13.2 Å². The van der Waals surface area contributed by atoms with Crippen LogP contribution in [0, 0.1) is 0 Å². The van der Waals surface area contributed by atoms with Gasteiger partial charge in [0.1, 0.15) is 0 Å². The van der Waals surface area contributed by atoms with E-state index >= 15 is 0 Å². The topological polar surface area (TPSA) is 51.2 Å². The fourth-order valence-electron chi connectivity index (χ4n) is 1.23. The summed E-state index contributed by atoms with van der Waals surface area (Å²) < 4.78 is 6.18. The predicted octanol–water partition coefficient (Wildman–Crippen LogP) is 2.39. The average molecular weight is 301 g/mol. The Kier molecular flexibility index (Phi) is 6.15. The minimum absolute atomic E-state index is 0.108. The second kappa shape index (κ2) is 7.40. The third-order valence-corrected chi connectivity index (χ3v) is 2.46. The van der Waals surface area contributed by atoms with E-state index in [0.29, 0.717) is 18.7 Å². The number of hydrogen-bond donors (Lipinski definition) is 1. The Morgan fingerprint density at radius 1 is 1.53 bits per heavy atom. The number of halogens is 1. The second-order valence-electron chi connectivity index (χ2n) is 3.92. The molecule has 0 aliphatic carbocycles. The van der Waals surface area contributed by atoms with E-state index in [2.05, 4.69) is 26.2 Å². The van der Waals surface area contributed by atoms with E-state index in [9.17, 15) is 4.79 Å². The lowest BCUT2D eigenvalue weighted by atomic mass is 10.2. The van der Waals surface area contributed by atoms with Crippen LogP contribution in [0.25, 0.3) is 0 Å². The van der Waals surface area contributed by atoms with Crippen LogP contribution in [-0.4, -0.2) is 30.1 Å². The number of aromatic nitrogens is 1. The first-order valence-corrected chi connectivity index (χ1v) is 6.39. The van der Waals surface area contributed by atoms with Gasteiger partial charge < -0.3 is 10.1 Å². The molecule has 0 saturated heterocycles. The van der Waals surface area contributed by atoms with E-state index in [4.69, 9.17) is 4.74 Å². The van der Waals surface area contributed by atoms with Crippen molar-refractivity contribution in [3.05, 3.63) is 28.5 Å². The standard InChI is InChI=1S/C12H17BrN2O2/c1-9(2)17-5-3-4-15-12(16)10-6-11(13)8-14-7-10/h6-9H,3-5H2,1-2H3,(H,15,16). The minimum Gasteiger partial charge on any atom is -0.379 e. The van der Waals surface area contributed by atoms with Crippen LogP contribution in [-0.2, 0) is 4.74 Å². The third kappa shape index (κ3) is 5.79. The van der Waals surface area contributed by atoms with Crippen molar-refractivity contribution in [3.8, 4) is 0 Å². The highest BCUT2D eigenvalue weighted by atomic mass is 79.9. The van der Waals surface area contributed by atoms with Gasteiger partial charge in [0.25, 0.3) is 5.91 Å². The predicted molar refractivity (Wildman–Crippen MR) is 70.0 cm³/mol. The molecule has 4 nitrogen and oxygen atoms in total. The third-order valence-electron chi connectivity index (χ3n) is 2.02. The molecule has 1 N–H and O–H groups in total. The first-order valence-electron chi connectivity index (χ1n) is 5.60. The average Bonchev–Trinajstić information content (AvgIpc) is 2.28. The lowest BCUT2D eigenvalue weighted by Crippen LogP contribution is -2.25. The molecule has 17 heavy (non-hydrogen) atoms. The van der Waals surface area contributed by atoms with Crippen molar-refractivity contribution in [1.82, 2.24) is 10.3 Å². The molecule has 0 bridgehead atoms. The van der Waals surface area contributed by atoms with Gasteiger partial charge >= 0.3 is 0 Å². The normalized spacial score (nSPS) is 10.6. The molecule has 0 aliphatic heterocycles. The van der Waals surface area contributed by atoms with Gasteiger partial charge in [0.2, 0.25) is 0 Å². The minimum atomic E-state index is -0.108. The number of ether oxygens (including phenoxy) is 1. The highest BCUT2D eigenvalue weighted by Crippen LogP contribution is 2.09. The quantitative estimate of drug-likeness (QED) is 0.821. The Morgan fingerprint density at radius 3 is 2.94 bits per heavy atom. The van der Waals surface area contributed by atoms with Crippen LogP contribution in [0.4, 0.5) is 0 Å². The highest BCUT2D eigenvalue weighted by molar-refractivity contribution is 9.10. The molecule has 1 rings (SSSR count). The summed E-state index contributed by atoms with van der Waals surface area (Å²) in [5.41, 5.74) is 0.559. The molecule has 5 heteroatoms. The van der Waals surface area contributed by atoms with Gasteiger partial charge in [0.15, 0.2) is 0 Å². The van der Waals surface area contributed by atoms with E-state index in [1.54, 1.807) is 18.5 Å². The summed E-state index contributed by atoms with van der Waals surface area (Å²) in [5.74, 6) is -0.108. The van der Waals surface area contributed by atoms with E-state index < -0.39 is 0 Å². The molecule has 1 heterocycles. The largest absolute Gasteiger partial charge is 0.379 e. The monoisotopic (exact) mass is 300 g/mol. The molecule has 0 aromatic carbocycles. The molecule has 0 fully saturated rings. The maximum atomic E-state index is 11.7. The van der Waals surface area contributed by atoms with Crippen molar-refractivity contribution in [2.45, 2.75) is 26.4 Å². The van der Waals surface area contributed by atoms with Crippen molar-refractivity contribution in [2.24, 2.45) is 0 Å². The summed E-state index contributed by atoms with van der Waals surface area (Å²) >= 11 is 3.28. The van der Waals surface area contributed by atoms with Crippen LogP contribution in [0.3, 0.4) is 0 Å². The molecular weight excluding hydrogens is 284 g/mol. The highest BCUT2D eigenvalue weighted by Gasteiger charge is 2.05. The van der Waals surface area contributed by atoms with Crippen LogP contribution in [0.15, 0.2) is 22.9 Å². The van der Waals surface area contributed by atoms with Gasteiger partial charge in [-0.05, 0) is 42.3 Å².